The van der Waals surface area contributed by atoms with E-state index >= 15 is 0 Å². The van der Waals surface area contributed by atoms with Crippen LogP contribution < -0.4 is 0 Å². The summed E-state index contributed by atoms with van der Waals surface area (Å²) in [5.74, 6) is 0.847. The second-order valence-electron chi connectivity index (χ2n) is 3.62. The number of aromatic hydroxyl groups is 1. The highest BCUT2D eigenvalue weighted by molar-refractivity contribution is 5.28. The summed E-state index contributed by atoms with van der Waals surface area (Å²) >= 11 is 0. The molecule has 0 heterocycles. The Morgan fingerprint density at radius 3 is 2.08 bits per heavy atom. The third-order valence-electron chi connectivity index (χ3n) is 2.32. The van der Waals surface area contributed by atoms with Crippen LogP contribution in [0, 0.1) is 5.92 Å². The van der Waals surface area contributed by atoms with Crippen LogP contribution in [0.1, 0.15) is 25.3 Å². The minimum absolute atomic E-state index is 0.155. The Hall–Kier alpha value is -1.02. The highest BCUT2D eigenvalue weighted by Crippen LogP contribution is 2.24. The second-order valence-corrected chi connectivity index (χ2v) is 3.62. The van der Waals surface area contributed by atoms with E-state index in [1.165, 1.54) is 0 Å². The number of phenolic OH excluding ortho intramolecular Hbond substituents is 1. The van der Waals surface area contributed by atoms with Crippen molar-refractivity contribution in [3.05, 3.63) is 29.8 Å². The summed E-state index contributed by atoms with van der Waals surface area (Å²) in [5.41, 5.74) is 1.08. The first-order valence-electron chi connectivity index (χ1n) is 4.55. The molecule has 0 radical (unpaired) electrons. The van der Waals surface area contributed by atoms with Crippen molar-refractivity contribution >= 4 is 0 Å². The van der Waals surface area contributed by atoms with Gasteiger partial charge in [0.2, 0.25) is 0 Å². The van der Waals surface area contributed by atoms with Gasteiger partial charge in [-0.05, 0) is 23.6 Å². The van der Waals surface area contributed by atoms with Crippen LogP contribution in [0.15, 0.2) is 24.3 Å². The zero-order valence-corrected chi connectivity index (χ0v) is 8.07. The molecule has 0 amide bonds. The summed E-state index contributed by atoms with van der Waals surface area (Å²) < 4.78 is 0. The van der Waals surface area contributed by atoms with Crippen LogP contribution in [0.25, 0.3) is 0 Å². The molecule has 1 aromatic rings. The normalized spacial score (nSPS) is 13.2. The molecule has 1 rings (SSSR count). The summed E-state index contributed by atoms with van der Waals surface area (Å²) in [6.07, 6.45) is 0. The van der Waals surface area contributed by atoms with Crippen molar-refractivity contribution in [3.63, 3.8) is 0 Å². The minimum atomic E-state index is 0.155. The smallest absolute Gasteiger partial charge is 0.115 e. The average Bonchev–Trinajstić information content (AvgIpc) is 2.09. The highest BCUT2D eigenvalue weighted by Gasteiger charge is 2.13. The summed E-state index contributed by atoms with van der Waals surface area (Å²) in [7, 11) is 0. The number of hydrogen-bond acceptors (Lipinski definition) is 2. The van der Waals surface area contributed by atoms with E-state index < -0.39 is 0 Å². The predicted molar refractivity (Wildman–Crippen MR) is 52.8 cm³/mol. The lowest BCUT2D eigenvalue weighted by Crippen LogP contribution is -2.10. The Morgan fingerprint density at radius 1 is 1.15 bits per heavy atom. The van der Waals surface area contributed by atoms with Crippen LogP contribution in [0.2, 0.25) is 0 Å². The van der Waals surface area contributed by atoms with Gasteiger partial charge in [0.25, 0.3) is 0 Å². The molecule has 2 heteroatoms. The zero-order chi connectivity index (χ0) is 9.84. The van der Waals surface area contributed by atoms with Crippen LogP contribution in [-0.2, 0) is 0 Å². The van der Waals surface area contributed by atoms with Gasteiger partial charge in [-0.15, -0.1) is 0 Å². The summed E-state index contributed by atoms with van der Waals surface area (Å²) in [6, 6.07) is 7.02. The van der Waals surface area contributed by atoms with Gasteiger partial charge in [0, 0.05) is 5.92 Å². The van der Waals surface area contributed by atoms with Gasteiger partial charge >= 0.3 is 0 Å². The maximum atomic E-state index is 9.16. The topological polar surface area (TPSA) is 40.5 Å². The Bertz CT molecular complexity index is 251. The fourth-order valence-electron chi connectivity index (χ4n) is 1.42. The number of aliphatic hydroxyl groups excluding tert-OH is 1. The molecule has 0 spiro atoms. The van der Waals surface area contributed by atoms with Gasteiger partial charge < -0.3 is 10.2 Å². The molecule has 0 aliphatic heterocycles. The monoisotopic (exact) mass is 180 g/mol. The van der Waals surface area contributed by atoms with Gasteiger partial charge in [-0.1, -0.05) is 26.0 Å². The molecule has 0 saturated heterocycles. The van der Waals surface area contributed by atoms with E-state index in [1.807, 2.05) is 12.1 Å². The van der Waals surface area contributed by atoms with Gasteiger partial charge in [-0.2, -0.15) is 0 Å². The summed E-state index contributed by atoms with van der Waals surface area (Å²) in [4.78, 5) is 0. The quantitative estimate of drug-likeness (QED) is 0.748. The van der Waals surface area contributed by atoms with Gasteiger partial charge in [-0.3, -0.25) is 0 Å². The van der Waals surface area contributed by atoms with Crippen molar-refractivity contribution in [2.75, 3.05) is 6.61 Å². The lowest BCUT2D eigenvalue weighted by Gasteiger charge is -2.18. The molecule has 0 aliphatic rings. The van der Waals surface area contributed by atoms with Crippen LogP contribution in [-0.4, -0.2) is 16.8 Å². The molecule has 72 valence electrons. The average molecular weight is 180 g/mol. The number of benzene rings is 1. The van der Waals surface area contributed by atoms with Crippen molar-refractivity contribution in [1.29, 1.82) is 0 Å². The largest absolute Gasteiger partial charge is 0.508 e. The van der Waals surface area contributed by atoms with Crippen molar-refractivity contribution in [3.8, 4) is 5.75 Å². The van der Waals surface area contributed by atoms with Crippen molar-refractivity contribution in [2.45, 2.75) is 19.8 Å². The van der Waals surface area contributed by atoms with Gasteiger partial charge in [0.1, 0.15) is 5.75 Å². The molecule has 13 heavy (non-hydrogen) atoms. The fraction of sp³-hybridized carbons (Fsp3) is 0.455. The van der Waals surface area contributed by atoms with Gasteiger partial charge in [0.15, 0.2) is 0 Å². The molecule has 2 nitrogen and oxygen atoms in total. The van der Waals surface area contributed by atoms with Crippen LogP contribution in [0.5, 0.6) is 5.75 Å². The summed E-state index contributed by atoms with van der Waals surface area (Å²) in [5, 5.41) is 18.2. The van der Waals surface area contributed by atoms with Crippen LogP contribution >= 0.6 is 0 Å². The Balaban J connectivity index is 2.86. The first-order chi connectivity index (χ1) is 6.15. The fourth-order valence-corrected chi connectivity index (χ4v) is 1.42. The molecule has 1 unspecified atom stereocenters. The molecule has 0 aromatic heterocycles. The predicted octanol–water partition coefficient (Wildman–Crippen LogP) is 2.12. The maximum Gasteiger partial charge on any atom is 0.115 e. The minimum Gasteiger partial charge on any atom is -0.508 e. The van der Waals surface area contributed by atoms with Crippen molar-refractivity contribution in [1.82, 2.24) is 0 Å². The molecule has 1 aromatic carbocycles. The van der Waals surface area contributed by atoms with Crippen LogP contribution in [0.3, 0.4) is 0 Å². The van der Waals surface area contributed by atoms with Crippen molar-refractivity contribution in [2.24, 2.45) is 5.92 Å². The maximum absolute atomic E-state index is 9.16. The standard InChI is InChI=1S/C11H16O2/c1-8(2)11(7-12)9-3-5-10(13)6-4-9/h3-6,8,11-13H,7H2,1-2H3. The molecule has 0 saturated carbocycles. The number of rotatable bonds is 3. The Morgan fingerprint density at radius 2 is 1.69 bits per heavy atom. The van der Waals surface area contributed by atoms with Gasteiger partial charge in [-0.25, -0.2) is 0 Å². The van der Waals surface area contributed by atoms with Crippen LogP contribution in [0.4, 0.5) is 0 Å². The Labute approximate surface area is 78.8 Å². The number of aliphatic hydroxyl groups is 1. The first-order valence-corrected chi connectivity index (χ1v) is 4.55. The third-order valence-corrected chi connectivity index (χ3v) is 2.32. The zero-order valence-electron chi connectivity index (χ0n) is 8.07. The van der Waals surface area contributed by atoms with E-state index in [0.29, 0.717) is 5.92 Å². The van der Waals surface area contributed by atoms with E-state index in [9.17, 15) is 0 Å². The third kappa shape index (κ3) is 2.46. The number of phenols is 1. The molecular weight excluding hydrogens is 164 g/mol. The molecule has 0 fully saturated rings. The van der Waals surface area contributed by atoms with E-state index in [1.54, 1.807) is 12.1 Å². The second kappa shape index (κ2) is 4.28. The van der Waals surface area contributed by atoms with E-state index in [0.717, 1.165) is 5.56 Å². The first kappa shape index (κ1) is 10.1. The molecular formula is C11H16O2. The molecule has 0 bridgehead atoms. The highest BCUT2D eigenvalue weighted by atomic mass is 16.3. The lowest BCUT2D eigenvalue weighted by molar-refractivity contribution is 0.237. The van der Waals surface area contributed by atoms with E-state index in [4.69, 9.17) is 10.2 Å². The number of hydrogen-bond donors (Lipinski definition) is 2. The SMILES string of the molecule is CC(C)C(CO)c1ccc(O)cc1. The lowest BCUT2D eigenvalue weighted by atomic mass is 9.89. The van der Waals surface area contributed by atoms with E-state index in [-0.39, 0.29) is 18.3 Å². The molecule has 1 atom stereocenters. The molecule has 2 N–H and O–H groups in total. The van der Waals surface area contributed by atoms with Gasteiger partial charge in [0.05, 0.1) is 6.61 Å². The summed E-state index contributed by atoms with van der Waals surface area (Å²) in [6.45, 7) is 4.31. The van der Waals surface area contributed by atoms with E-state index in [2.05, 4.69) is 13.8 Å². The van der Waals surface area contributed by atoms with Crippen molar-refractivity contribution < 1.29 is 10.2 Å². The molecule has 0 aliphatic carbocycles. The Kier molecular flexibility index (Phi) is 3.32.